The Labute approximate surface area is 112 Å². The summed E-state index contributed by atoms with van der Waals surface area (Å²) in [5, 5.41) is 0. The Bertz CT molecular complexity index is 398. The molecule has 5 heteroatoms. The fraction of sp³-hybridized carbons (Fsp3) is 0.462. The first-order valence-electron chi connectivity index (χ1n) is 5.76. The first kappa shape index (κ1) is 14.9. The van der Waals surface area contributed by atoms with Gasteiger partial charge in [0.25, 0.3) is 0 Å². The Morgan fingerprint density at radius 1 is 1.56 bits per heavy atom. The molecule has 0 aliphatic carbocycles. The van der Waals surface area contributed by atoms with Gasteiger partial charge in [-0.2, -0.15) is 11.8 Å². The van der Waals surface area contributed by atoms with E-state index in [0.29, 0.717) is 6.42 Å². The van der Waals surface area contributed by atoms with Crippen LogP contribution in [0.1, 0.15) is 6.42 Å². The molecule has 0 fully saturated rings. The van der Waals surface area contributed by atoms with Gasteiger partial charge in [-0.1, -0.05) is 6.07 Å². The molecule has 1 atom stereocenters. The number of anilines is 1. The zero-order valence-electron chi connectivity index (χ0n) is 11.1. The van der Waals surface area contributed by atoms with E-state index in [4.69, 9.17) is 10.5 Å². The lowest BCUT2D eigenvalue weighted by molar-refractivity contribution is -0.119. The fourth-order valence-corrected chi connectivity index (χ4v) is 2.05. The Kier molecular flexibility index (Phi) is 6.01. The van der Waals surface area contributed by atoms with Crippen molar-refractivity contribution >= 4 is 23.4 Å². The smallest absolute Gasteiger partial charge is 0.243 e. The highest BCUT2D eigenvalue weighted by molar-refractivity contribution is 7.98. The van der Waals surface area contributed by atoms with Crippen LogP contribution < -0.4 is 15.4 Å². The van der Waals surface area contributed by atoms with Gasteiger partial charge in [0, 0.05) is 18.8 Å². The van der Waals surface area contributed by atoms with Crippen LogP contribution in [0.25, 0.3) is 0 Å². The summed E-state index contributed by atoms with van der Waals surface area (Å²) in [6.45, 7) is 0. The molecule has 0 aliphatic rings. The monoisotopic (exact) mass is 268 g/mol. The molecule has 0 saturated heterocycles. The number of carbonyl (C=O) groups is 1. The Morgan fingerprint density at radius 2 is 2.28 bits per heavy atom. The van der Waals surface area contributed by atoms with Crippen molar-refractivity contribution in [3.8, 4) is 5.75 Å². The van der Waals surface area contributed by atoms with Crippen molar-refractivity contribution in [2.75, 3.05) is 31.1 Å². The van der Waals surface area contributed by atoms with E-state index in [0.717, 1.165) is 17.2 Å². The maximum Gasteiger partial charge on any atom is 0.243 e. The van der Waals surface area contributed by atoms with Gasteiger partial charge in [-0.15, -0.1) is 0 Å². The van der Waals surface area contributed by atoms with Crippen LogP contribution in [-0.4, -0.2) is 38.1 Å². The number of amides is 1. The van der Waals surface area contributed by atoms with Crippen molar-refractivity contribution < 1.29 is 9.53 Å². The van der Waals surface area contributed by atoms with E-state index < -0.39 is 6.04 Å². The minimum atomic E-state index is -0.450. The highest BCUT2D eigenvalue weighted by Gasteiger charge is 2.18. The van der Waals surface area contributed by atoms with Crippen molar-refractivity contribution in [1.29, 1.82) is 0 Å². The zero-order chi connectivity index (χ0) is 13.5. The number of likely N-dealkylation sites (N-methyl/N-ethyl adjacent to an activating group) is 1. The van der Waals surface area contributed by atoms with Crippen molar-refractivity contribution in [3.63, 3.8) is 0 Å². The Balaban J connectivity index is 2.72. The van der Waals surface area contributed by atoms with Gasteiger partial charge >= 0.3 is 0 Å². The van der Waals surface area contributed by atoms with E-state index >= 15 is 0 Å². The molecule has 100 valence electrons. The fourth-order valence-electron chi connectivity index (χ4n) is 1.56. The molecule has 2 N–H and O–H groups in total. The number of nitrogens with two attached hydrogens (primary N) is 1. The number of methoxy groups -OCH3 is 1. The molecule has 0 aliphatic heterocycles. The summed E-state index contributed by atoms with van der Waals surface area (Å²) in [6, 6.07) is 6.93. The molecular formula is C13H20N2O2S. The molecule has 0 radical (unpaired) electrons. The minimum absolute atomic E-state index is 0.0719. The number of benzene rings is 1. The topological polar surface area (TPSA) is 55.6 Å². The third-order valence-electron chi connectivity index (χ3n) is 2.72. The maximum absolute atomic E-state index is 12.1. The molecule has 4 nitrogen and oxygen atoms in total. The second kappa shape index (κ2) is 7.28. The normalized spacial score (nSPS) is 12.0. The number of hydrogen-bond donors (Lipinski definition) is 1. The van der Waals surface area contributed by atoms with Crippen LogP contribution in [0.5, 0.6) is 5.75 Å². The van der Waals surface area contributed by atoms with E-state index in [9.17, 15) is 4.79 Å². The minimum Gasteiger partial charge on any atom is -0.497 e. The lowest BCUT2D eigenvalue weighted by Crippen LogP contribution is -2.42. The van der Waals surface area contributed by atoms with Gasteiger partial charge in [-0.05, 0) is 30.6 Å². The third kappa shape index (κ3) is 3.92. The summed E-state index contributed by atoms with van der Waals surface area (Å²) in [4.78, 5) is 13.7. The van der Waals surface area contributed by atoms with Crippen LogP contribution >= 0.6 is 11.8 Å². The second-order valence-electron chi connectivity index (χ2n) is 3.99. The number of ether oxygens (including phenoxy) is 1. The van der Waals surface area contributed by atoms with Crippen molar-refractivity contribution in [1.82, 2.24) is 0 Å². The highest BCUT2D eigenvalue weighted by atomic mass is 32.2. The van der Waals surface area contributed by atoms with Gasteiger partial charge in [-0.25, -0.2) is 0 Å². The van der Waals surface area contributed by atoms with Crippen LogP contribution in [0.4, 0.5) is 5.69 Å². The van der Waals surface area contributed by atoms with Gasteiger partial charge in [-0.3, -0.25) is 4.79 Å². The third-order valence-corrected chi connectivity index (χ3v) is 3.37. The lowest BCUT2D eigenvalue weighted by Gasteiger charge is -2.21. The number of carbonyl (C=O) groups excluding carboxylic acids is 1. The standard InChI is InChI=1S/C13H20N2O2S/c1-15(13(16)12(14)7-8-18-3)10-5-4-6-11(9-10)17-2/h4-6,9,12H,7-8,14H2,1-3H3/t12-/m1/s1. The van der Waals surface area contributed by atoms with Crippen LogP contribution in [0, 0.1) is 0 Å². The predicted octanol–water partition coefficient (Wildman–Crippen LogP) is 1.74. The molecule has 18 heavy (non-hydrogen) atoms. The number of thioether (sulfide) groups is 1. The first-order valence-corrected chi connectivity index (χ1v) is 7.15. The molecular weight excluding hydrogens is 248 g/mol. The highest BCUT2D eigenvalue weighted by Crippen LogP contribution is 2.20. The molecule has 1 aromatic rings. The SMILES string of the molecule is COc1cccc(N(C)C(=O)[C@H](N)CCSC)c1. The Hall–Kier alpha value is -1.20. The molecule has 1 amide bonds. The summed E-state index contributed by atoms with van der Waals surface area (Å²) >= 11 is 1.69. The largest absolute Gasteiger partial charge is 0.497 e. The summed E-state index contributed by atoms with van der Waals surface area (Å²) < 4.78 is 5.14. The van der Waals surface area contributed by atoms with E-state index in [1.807, 2.05) is 30.5 Å². The average Bonchev–Trinajstić information content (AvgIpc) is 2.43. The molecule has 0 aromatic heterocycles. The van der Waals surface area contributed by atoms with Gasteiger partial charge in [0.05, 0.1) is 13.2 Å². The number of nitrogens with zero attached hydrogens (tertiary/aromatic N) is 1. The van der Waals surface area contributed by atoms with Crippen LogP contribution in [0.3, 0.4) is 0 Å². The average molecular weight is 268 g/mol. The van der Waals surface area contributed by atoms with Gasteiger partial charge in [0.2, 0.25) is 5.91 Å². The molecule has 0 spiro atoms. The summed E-state index contributed by atoms with van der Waals surface area (Å²) in [5.41, 5.74) is 6.67. The maximum atomic E-state index is 12.1. The summed E-state index contributed by atoms with van der Waals surface area (Å²) in [5.74, 6) is 1.54. The van der Waals surface area contributed by atoms with E-state index in [-0.39, 0.29) is 5.91 Å². The molecule has 1 aromatic carbocycles. The molecule has 0 saturated carbocycles. The zero-order valence-corrected chi connectivity index (χ0v) is 11.9. The van der Waals surface area contributed by atoms with Crippen LogP contribution in [-0.2, 0) is 4.79 Å². The number of rotatable bonds is 6. The van der Waals surface area contributed by atoms with E-state index in [1.165, 1.54) is 0 Å². The van der Waals surface area contributed by atoms with Gasteiger partial charge < -0.3 is 15.4 Å². The lowest BCUT2D eigenvalue weighted by atomic mass is 10.2. The van der Waals surface area contributed by atoms with Gasteiger partial charge in [0.15, 0.2) is 0 Å². The van der Waals surface area contributed by atoms with Crippen LogP contribution in [0.2, 0.25) is 0 Å². The molecule has 0 heterocycles. The molecule has 0 bridgehead atoms. The predicted molar refractivity (Wildman–Crippen MR) is 77.4 cm³/mol. The second-order valence-corrected chi connectivity index (χ2v) is 4.97. The van der Waals surface area contributed by atoms with E-state index in [1.54, 1.807) is 30.8 Å². The van der Waals surface area contributed by atoms with E-state index in [2.05, 4.69) is 0 Å². The molecule has 1 rings (SSSR count). The van der Waals surface area contributed by atoms with Gasteiger partial charge in [0.1, 0.15) is 5.75 Å². The summed E-state index contributed by atoms with van der Waals surface area (Å²) in [7, 11) is 3.33. The van der Waals surface area contributed by atoms with Crippen molar-refractivity contribution in [2.45, 2.75) is 12.5 Å². The van der Waals surface area contributed by atoms with Crippen molar-refractivity contribution in [3.05, 3.63) is 24.3 Å². The first-order chi connectivity index (χ1) is 8.60. The van der Waals surface area contributed by atoms with Crippen molar-refractivity contribution in [2.24, 2.45) is 5.73 Å². The van der Waals surface area contributed by atoms with Crippen LogP contribution in [0.15, 0.2) is 24.3 Å². The quantitative estimate of drug-likeness (QED) is 0.854. The molecule has 0 unspecified atom stereocenters. The summed E-state index contributed by atoms with van der Waals surface area (Å²) in [6.07, 6.45) is 2.69. The number of hydrogen-bond acceptors (Lipinski definition) is 4. The Morgan fingerprint density at radius 3 is 2.89 bits per heavy atom.